The number of nitrogens with zero attached hydrogens (tertiary/aromatic N) is 1. The summed E-state index contributed by atoms with van der Waals surface area (Å²) in [6.45, 7) is 11.0. The van der Waals surface area contributed by atoms with E-state index in [4.69, 9.17) is 16.6 Å². The van der Waals surface area contributed by atoms with Gasteiger partial charge >= 0.3 is 0 Å². The van der Waals surface area contributed by atoms with Crippen molar-refractivity contribution in [2.75, 3.05) is 5.32 Å². The number of aromatic hydroxyl groups is 1. The first kappa shape index (κ1) is 21.2. The first-order valence-electron chi connectivity index (χ1n) is 10.1. The summed E-state index contributed by atoms with van der Waals surface area (Å²) in [7, 11) is 0. The van der Waals surface area contributed by atoms with Gasteiger partial charge in [-0.2, -0.15) is 0 Å². The first-order valence-corrected chi connectivity index (χ1v) is 10.5. The van der Waals surface area contributed by atoms with E-state index in [1.807, 2.05) is 18.2 Å². The molecule has 4 heteroatoms. The van der Waals surface area contributed by atoms with Crippen molar-refractivity contribution in [3.63, 3.8) is 0 Å². The third-order valence-corrected chi connectivity index (χ3v) is 5.42. The summed E-state index contributed by atoms with van der Waals surface area (Å²) in [6.07, 6.45) is 0. The number of para-hydroxylation sites is 1. The highest BCUT2D eigenvalue weighted by Gasteiger charge is 2.17. The van der Waals surface area contributed by atoms with Gasteiger partial charge in [0.15, 0.2) is 0 Å². The van der Waals surface area contributed by atoms with Crippen LogP contribution in [0.3, 0.4) is 0 Å². The Balaban J connectivity index is 1.97. The van der Waals surface area contributed by atoms with Gasteiger partial charge in [-0.15, -0.1) is 0 Å². The number of aromatic nitrogens is 1. The average molecular weight is 409 g/mol. The van der Waals surface area contributed by atoms with E-state index in [1.165, 1.54) is 16.8 Å². The molecule has 0 aliphatic carbocycles. The Morgan fingerprint density at radius 1 is 0.862 bits per heavy atom. The van der Waals surface area contributed by atoms with Crippen LogP contribution >= 0.6 is 11.6 Å². The Labute approximate surface area is 178 Å². The van der Waals surface area contributed by atoms with E-state index in [2.05, 4.69) is 58.1 Å². The molecule has 0 amide bonds. The molecule has 3 rings (SSSR count). The lowest BCUT2D eigenvalue weighted by atomic mass is 9.92. The molecule has 0 bridgehead atoms. The molecule has 1 heterocycles. The minimum absolute atomic E-state index is 0.00803. The normalized spacial score (nSPS) is 12.4. The molecule has 0 fully saturated rings. The fraction of sp³-hybridized carbons (Fsp3) is 0.320. The molecule has 0 radical (unpaired) electrons. The minimum Gasteiger partial charge on any atom is -0.507 e. The number of hydrogen-bond acceptors (Lipinski definition) is 3. The van der Waals surface area contributed by atoms with Crippen LogP contribution in [0, 0.1) is 0 Å². The first-order chi connectivity index (χ1) is 13.8. The SMILES string of the molecule is CC(C)c1cccc(C(C)C)c1N[C@H](C)c1cccc(-c2cc(Cl)ccc2O)n1. The molecule has 0 saturated carbocycles. The Bertz CT molecular complexity index is 972. The molecule has 152 valence electrons. The van der Waals surface area contributed by atoms with Gasteiger partial charge < -0.3 is 10.4 Å². The van der Waals surface area contributed by atoms with Gasteiger partial charge in [-0.3, -0.25) is 4.98 Å². The molecule has 0 aliphatic heterocycles. The molecule has 2 aromatic carbocycles. The second kappa shape index (κ2) is 8.87. The zero-order chi connectivity index (χ0) is 21.1. The second-order valence-electron chi connectivity index (χ2n) is 8.10. The van der Waals surface area contributed by atoms with E-state index < -0.39 is 0 Å². The Morgan fingerprint density at radius 2 is 1.48 bits per heavy atom. The molecule has 0 aliphatic rings. The fourth-order valence-corrected chi connectivity index (χ4v) is 3.74. The second-order valence-corrected chi connectivity index (χ2v) is 8.53. The van der Waals surface area contributed by atoms with Gasteiger partial charge in [0.2, 0.25) is 0 Å². The van der Waals surface area contributed by atoms with Gasteiger partial charge in [-0.05, 0) is 60.2 Å². The monoisotopic (exact) mass is 408 g/mol. The zero-order valence-corrected chi connectivity index (χ0v) is 18.5. The largest absolute Gasteiger partial charge is 0.507 e. The number of phenols is 1. The number of pyridine rings is 1. The van der Waals surface area contributed by atoms with E-state index in [0.717, 1.165) is 5.69 Å². The molecule has 2 N–H and O–H groups in total. The summed E-state index contributed by atoms with van der Waals surface area (Å²) < 4.78 is 0. The van der Waals surface area contributed by atoms with Gasteiger partial charge in [-0.1, -0.05) is 63.6 Å². The Kier molecular flexibility index (Phi) is 6.49. The van der Waals surface area contributed by atoms with E-state index in [-0.39, 0.29) is 11.8 Å². The van der Waals surface area contributed by atoms with E-state index in [0.29, 0.717) is 28.1 Å². The van der Waals surface area contributed by atoms with Crippen molar-refractivity contribution in [3.8, 4) is 17.0 Å². The van der Waals surface area contributed by atoms with Crippen molar-refractivity contribution in [1.82, 2.24) is 4.98 Å². The van der Waals surface area contributed by atoms with Crippen molar-refractivity contribution in [2.24, 2.45) is 0 Å². The van der Waals surface area contributed by atoms with Crippen LogP contribution in [-0.4, -0.2) is 10.1 Å². The van der Waals surface area contributed by atoms with Crippen LogP contribution in [-0.2, 0) is 0 Å². The van der Waals surface area contributed by atoms with Crippen LogP contribution in [0.1, 0.15) is 69.3 Å². The van der Waals surface area contributed by atoms with E-state index >= 15 is 0 Å². The molecule has 0 saturated heterocycles. The van der Waals surface area contributed by atoms with Crippen LogP contribution in [0.4, 0.5) is 5.69 Å². The number of anilines is 1. The maximum atomic E-state index is 10.2. The van der Waals surface area contributed by atoms with Crippen molar-refractivity contribution in [2.45, 2.75) is 52.5 Å². The quantitative estimate of drug-likeness (QED) is 0.443. The summed E-state index contributed by atoms with van der Waals surface area (Å²) in [6, 6.07) is 17.4. The number of phenolic OH excluding ortho intramolecular Hbond substituents is 1. The number of nitrogens with one attached hydrogen (secondary N) is 1. The molecule has 0 spiro atoms. The van der Waals surface area contributed by atoms with Gasteiger partial charge in [0, 0.05) is 16.3 Å². The van der Waals surface area contributed by atoms with Crippen LogP contribution in [0.2, 0.25) is 5.02 Å². The van der Waals surface area contributed by atoms with Gasteiger partial charge in [-0.25, -0.2) is 0 Å². The third kappa shape index (κ3) is 4.73. The summed E-state index contributed by atoms with van der Waals surface area (Å²) in [4.78, 5) is 4.81. The third-order valence-electron chi connectivity index (χ3n) is 5.18. The average Bonchev–Trinajstić information content (AvgIpc) is 2.69. The fourth-order valence-electron chi connectivity index (χ4n) is 3.56. The van der Waals surface area contributed by atoms with Crippen LogP contribution in [0.5, 0.6) is 5.75 Å². The summed E-state index contributed by atoms with van der Waals surface area (Å²) in [5, 5.41) is 14.5. The molecule has 3 aromatic rings. The summed E-state index contributed by atoms with van der Waals surface area (Å²) in [5.41, 5.74) is 6.07. The molecular weight excluding hydrogens is 380 g/mol. The zero-order valence-electron chi connectivity index (χ0n) is 17.7. The van der Waals surface area contributed by atoms with Gasteiger partial charge in [0.1, 0.15) is 5.75 Å². The van der Waals surface area contributed by atoms with Crippen LogP contribution < -0.4 is 5.32 Å². The number of halogens is 1. The van der Waals surface area contributed by atoms with Crippen LogP contribution in [0.25, 0.3) is 11.3 Å². The highest BCUT2D eigenvalue weighted by Crippen LogP contribution is 2.35. The Morgan fingerprint density at radius 3 is 2.10 bits per heavy atom. The lowest BCUT2D eigenvalue weighted by molar-refractivity contribution is 0.477. The molecule has 0 unspecified atom stereocenters. The van der Waals surface area contributed by atoms with E-state index in [1.54, 1.807) is 18.2 Å². The highest BCUT2D eigenvalue weighted by molar-refractivity contribution is 6.30. The highest BCUT2D eigenvalue weighted by atomic mass is 35.5. The van der Waals surface area contributed by atoms with Crippen molar-refractivity contribution in [3.05, 3.63) is 76.4 Å². The Hall–Kier alpha value is -2.52. The molecule has 29 heavy (non-hydrogen) atoms. The van der Waals surface area contributed by atoms with E-state index in [9.17, 15) is 5.11 Å². The van der Waals surface area contributed by atoms with Gasteiger partial charge in [0.05, 0.1) is 17.4 Å². The predicted molar refractivity (Wildman–Crippen MR) is 123 cm³/mol. The molecule has 1 aromatic heterocycles. The van der Waals surface area contributed by atoms with Crippen molar-refractivity contribution < 1.29 is 5.11 Å². The molecular formula is C25H29ClN2O. The lowest BCUT2D eigenvalue weighted by Crippen LogP contribution is -2.13. The molecule has 1 atom stereocenters. The molecule has 3 nitrogen and oxygen atoms in total. The predicted octanol–water partition coefficient (Wildman–Crippen LogP) is 7.53. The summed E-state index contributed by atoms with van der Waals surface area (Å²) >= 11 is 6.12. The van der Waals surface area contributed by atoms with Gasteiger partial charge in [0.25, 0.3) is 0 Å². The minimum atomic E-state index is 0.00803. The number of rotatable bonds is 6. The lowest BCUT2D eigenvalue weighted by Gasteiger charge is -2.24. The smallest absolute Gasteiger partial charge is 0.125 e. The topological polar surface area (TPSA) is 45.1 Å². The standard InChI is InChI=1S/C25H29ClN2O/c1-15(2)19-8-6-9-20(16(3)4)25(19)27-17(5)22-10-7-11-23(28-22)21-14-18(26)12-13-24(21)29/h6-17,27,29H,1-5H3/t17-/m1/s1. The number of hydrogen-bond donors (Lipinski definition) is 2. The maximum Gasteiger partial charge on any atom is 0.125 e. The summed E-state index contributed by atoms with van der Waals surface area (Å²) in [5.74, 6) is 1.02. The number of benzene rings is 2. The van der Waals surface area contributed by atoms with Crippen molar-refractivity contribution >= 4 is 17.3 Å². The van der Waals surface area contributed by atoms with Crippen molar-refractivity contribution in [1.29, 1.82) is 0 Å². The van der Waals surface area contributed by atoms with Crippen LogP contribution in [0.15, 0.2) is 54.6 Å². The maximum absolute atomic E-state index is 10.2.